The topological polar surface area (TPSA) is 32.3 Å². The lowest BCUT2D eigenvalue weighted by Crippen LogP contribution is -2.36. The van der Waals surface area contributed by atoms with Gasteiger partial charge in [0.05, 0.1) is 6.54 Å². The third kappa shape index (κ3) is 5.33. The molecule has 0 radical (unpaired) electrons. The van der Waals surface area contributed by atoms with Crippen molar-refractivity contribution in [3.63, 3.8) is 0 Å². The smallest absolute Gasteiger partial charge is 0.255 e. The van der Waals surface area contributed by atoms with Crippen LogP contribution in [0.1, 0.15) is 24.8 Å². The molecule has 0 saturated carbocycles. The van der Waals surface area contributed by atoms with Crippen LogP contribution in [0.4, 0.5) is 13.2 Å². The molecule has 1 aliphatic rings. The summed E-state index contributed by atoms with van der Waals surface area (Å²) in [6, 6.07) is 6.72. The molecule has 1 saturated heterocycles. The van der Waals surface area contributed by atoms with Crippen LogP contribution in [0.5, 0.6) is 0 Å². The molecule has 0 bridgehead atoms. The van der Waals surface area contributed by atoms with Gasteiger partial charge in [0.15, 0.2) is 0 Å². The van der Waals surface area contributed by atoms with Crippen molar-refractivity contribution in [1.29, 1.82) is 0 Å². The van der Waals surface area contributed by atoms with Gasteiger partial charge in [-0.25, -0.2) is 13.2 Å². The summed E-state index contributed by atoms with van der Waals surface area (Å²) < 4.78 is 37.6. The van der Waals surface area contributed by atoms with Gasteiger partial charge in [-0.1, -0.05) is 18.2 Å². The van der Waals surface area contributed by atoms with E-state index < -0.39 is 13.0 Å². The Bertz CT molecular complexity index is 488. The summed E-state index contributed by atoms with van der Waals surface area (Å²) in [5.41, 5.74) is 0.677. The zero-order chi connectivity index (χ0) is 15.9. The number of hydrogen-bond acceptors (Lipinski definition) is 2. The van der Waals surface area contributed by atoms with E-state index in [4.69, 9.17) is 0 Å². The van der Waals surface area contributed by atoms with Crippen molar-refractivity contribution in [1.82, 2.24) is 10.2 Å². The van der Waals surface area contributed by atoms with Gasteiger partial charge in [0, 0.05) is 18.5 Å². The highest BCUT2D eigenvalue weighted by Crippen LogP contribution is 2.22. The lowest BCUT2D eigenvalue weighted by molar-refractivity contribution is -0.123. The van der Waals surface area contributed by atoms with Gasteiger partial charge in [0.25, 0.3) is 6.43 Å². The molecule has 122 valence electrons. The summed E-state index contributed by atoms with van der Waals surface area (Å²) in [6.07, 6.45) is -0.556. The maximum atomic E-state index is 13.6. The molecule has 0 spiro atoms. The molecule has 1 aromatic carbocycles. The predicted octanol–water partition coefficient (Wildman–Crippen LogP) is 2.81. The van der Waals surface area contributed by atoms with Crippen molar-refractivity contribution in [2.24, 2.45) is 5.92 Å². The first-order valence-electron chi connectivity index (χ1n) is 7.55. The number of rotatable bonds is 6. The number of nitrogens with zero attached hydrogens (tertiary/aromatic N) is 1. The Kier molecular flexibility index (Phi) is 6.24. The standard InChI is InChI=1S/C16H21F3N2O/c17-14-4-2-1-3-13(14)11-21-7-5-12(6-8-21)9-16(22)20-10-15(18)19/h1-4,12,15H,5-11H2,(H,20,22). The summed E-state index contributed by atoms with van der Waals surface area (Å²) in [5, 5.41) is 2.24. The van der Waals surface area contributed by atoms with Gasteiger partial charge in [-0.2, -0.15) is 0 Å². The summed E-state index contributed by atoms with van der Waals surface area (Å²) in [7, 11) is 0. The van der Waals surface area contributed by atoms with Gasteiger partial charge in [-0.15, -0.1) is 0 Å². The second-order valence-corrected chi connectivity index (χ2v) is 5.71. The number of piperidine rings is 1. The van der Waals surface area contributed by atoms with Gasteiger partial charge in [-0.05, 0) is 37.9 Å². The van der Waals surface area contributed by atoms with Gasteiger partial charge in [0.1, 0.15) is 5.82 Å². The fourth-order valence-electron chi connectivity index (χ4n) is 2.74. The molecule has 1 N–H and O–H groups in total. The highest BCUT2D eigenvalue weighted by molar-refractivity contribution is 5.76. The van der Waals surface area contributed by atoms with E-state index in [0.29, 0.717) is 18.5 Å². The molecule has 22 heavy (non-hydrogen) atoms. The van der Waals surface area contributed by atoms with Crippen LogP contribution in [0.2, 0.25) is 0 Å². The Morgan fingerprint density at radius 3 is 2.59 bits per heavy atom. The lowest BCUT2D eigenvalue weighted by atomic mass is 9.93. The van der Waals surface area contributed by atoms with E-state index in [1.165, 1.54) is 6.07 Å². The van der Waals surface area contributed by atoms with Crippen molar-refractivity contribution >= 4 is 5.91 Å². The van der Waals surface area contributed by atoms with Gasteiger partial charge in [-0.3, -0.25) is 9.69 Å². The SMILES string of the molecule is O=C(CC1CCN(Cc2ccccc2F)CC1)NCC(F)F. The molecule has 1 aromatic rings. The van der Waals surface area contributed by atoms with E-state index in [1.54, 1.807) is 12.1 Å². The van der Waals surface area contributed by atoms with Crippen molar-refractivity contribution < 1.29 is 18.0 Å². The van der Waals surface area contributed by atoms with Crippen LogP contribution in [0.15, 0.2) is 24.3 Å². The molecule has 0 aromatic heterocycles. The second-order valence-electron chi connectivity index (χ2n) is 5.71. The highest BCUT2D eigenvalue weighted by Gasteiger charge is 2.22. The molecule has 0 unspecified atom stereocenters. The summed E-state index contributed by atoms with van der Waals surface area (Å²) in [6.45, 7) is 1.57. The molecule has 6 heteroatoms. The van der Waals surface area contributed by atoms with Crippen molar-refractivity contribution in [3.8, 4) is 0 Å². The fourth-order valence-corrected chi connectivity index (χ4v) is 2.74. The summed E-state index contributed by atoms with van der Waals surface area (Å²) in [4.78, 5) is 13.7. The van der Waals surface area contributed by atoms with Crippen molar-refractivity contribution in [2.45, 2.75) is 32.2 Å². The van der Waals surface area contributed by atoms with E-state index >= 15 is 0 Å². The number of amides is 1. The number of carbonyl (C=O) groups excluding carboxylic acids is 1. The molecule has 3 nitrogen and oxygen atoms in total. The fraction of sp³-hybridized carbons (Fsp3) is 0.562. The third-order valence-corrected chi connectivity index (χ3v) is 3.99. The number of halogens is 3. The molecule has 1 heterocycles. The molecular formula is C16H21F3N2O. The van der Waals surface area contributed by atoms with E-state index in [9.17, 15) is 18.0 Å². The quantitative estimate of drug-likeness (QED) is 0.876. The number of alkyl halides is 2. The van der Waals surface area contributed by atoms with Crippen LogP contribution >= 0.6 is 0 Å². The average molecular weight is 314 g/mol. The van der Waals surface area contributed by atoms with Crippen molar-refractivity contribution in [2.75, 3.05) is 19.6 Å². The average Bonchev–Trinajstić information content (AvgIpc) is 2.49. The second kappa shape index (κ2) is 8.17. The molecular weight excluding hydrogens is 293 g/mol. The number of carbonyl (C=O) groups is 1. The van der Waals surface area contributed by atoms with Crippen LogP contribution in [0.25, 0.3) is 0 Å². The molecule has 0 atom stereocenters. The lowest BCUT2D eigenvalue weighted by Gasteiger charge is -2.31. The summed E-state index contributed by atoms with van der Waals surface area (Å²) in [5.74, 6) is -0.293. The van der Waals surface area contributed by atoms with E-state index in [1.807, 2.05) is 6.07 Å². The predicted molar refractivity (Wildman–Crippen MR) is 78.0 cm³/mol. The zero-order valence-corrected chi connectivity index (χ0v) is 12.4. The number of hydrogen-bond donors (Lipinski definition) is 1. The maximum Gasteiger partial charge on any atom is 0.255 e. The van der Waals surface area contributed by atoms with E-state index in [0.717, 1.165) is 25.9 Å². The van der Waals surface area contributed by atoms with Gasteiger partial charge >= 0.3 is 0 Å². The summed E-state index contributed by atoms with van der Waals surface area (Å²) >= 11 is 0. The molecule has 0 aliphatic carbocycles. The first kappa shape index (κ1) is 16.8. The van der Waals surface area contributed by atoms with E-state index in [2.05, 4.69) is 10.2 Å². The largest absolute Gasteiger partial charge is 0.350 e. The Hall–Kier alpha value is -1.56. The number of benzene rings is 1. The Morgan fingerprint density at radius 2 is 1.95 bits per heavy atom. The monoisotopic (exact) mass is 314 g/mol. The molecule has 2 rings (SSSR count). The third-order valence-electron chi connectivity index (χ3n) is 3.99. The van der Waals surface area contributed by atoms with Crippen molar-refractivity contribution in [3.05, 3.63) is 35.6 Å². The number of likely N-dealkylation sites (tertiary alicyclic amines) is 1. The minimum absolute atomic E-state index is 0.198. The van der Waals surface area contributed by atoms with E-state index in [-0.39, 0.29) is 17.6 Å². The van der Waals surface area contributed by atoms with Crippen LogP contribution in [0, 0.1) is 11.7 Å². The first-order chi connectivity index (χ1) is 10.5. The Balaban J connectivity index is 1.72. The molecule has 1 fully saturated rings. The van der Waals surface area contributed by atoms with Crippen LogP contribution in [0.3, 0.4) is 0 Å². The van der Waals surface area contributed by atoms with Crippen LogP contribution < -0.4 is 5.32 Å². The van der Waals surface area contributed by atoms with Gasteiger partial charge < -0.3 is 5.32 Å². The highest BCUT2D eigenvalue weighted by atomic mass is 19.3. The van der Waals surface area contributed by atoms with Gasteiger partial charge in [0.2, 0.25) is 5.91 Å². The molecule has 1 amide bonds. The first-order valence-corrected chi connectivity index (χ1v) is 7.55. The minimum atomic E-state index is -2.51. The molecule has 1 aliphatic heterocycles. The zero-order valence-electron chi connectivity index (χ0n) is 12.4. The number of nitrogens with one attached hydrogen (secondary N) is 1. The minimum Gasteiger partial charge on any atom is -0.350 e. The Labute approximate surface area is 128 Å². The Morgan fingerprint density at radius 1 is 1.27 bits per heavy atom. The van der Waals surface area contributed by atoms with Crippen LogP contribution in [-0.4, -0.2) is 36.9 Å². The maximum absolute atomic E-state index is 13.6. The normalized spacial score (nSPS) is 16.9. The van der Waals surface area contributed by atoms with Crippen LogP contribution in [-0.2, 0) is 11.3 Å².